The monoisotopic (exact) mass is 425 g/mol. The second-order valence-corrected chi connectivity index (χ2v) is 7.31. The average molecular weight is 425 g/mol. The van der Waals surface area contributed by atoms with Crippen LogP contribution in [0.2, 0.25) is 0 Å². The van der Waals surface area contributed by atoms with Gasteiger partial charge in [0.05, 0.1) is 18.1 Å². The molecule has 0 aliphatic carbocycles. The van der Waals surface area contributed by atoms with Crippen molar-refractivity contribution in [1.82, 2.24) is 9.97 Å². The van der Waals surface area contributed by atoms with Gasteiger partial charge in [-0.2, -0.15) is 0 Å². The zero-order valence-electron chi connectivity index (χ0n) is 17.4. The molecule has 160 valence electrons. The van der Waals surface area contributed by atoms with Crippen LogP contribution in [0.15, 0.2) is 97.3 Å². The molecule has 3 aromatic carbocycles. The van der Waals surface area contributed by atoms with Crippen molar-refractivity contribution in [2.24, 2.45) is 0 Å². The highest BCUT2D eigenvalue weighted by molar-refractivity contribution is 5.77. The number of nitrogens with one attached hydrogen (secondary N) is 1. The van der Waals surface area contributed by atoms with Gasteiger partial charge in [0.25, 0.3) is 0 Å². The minimum absolute atomic E-state index is 0.343. The van der Waals surface area contributed by atoms with Gasteiger partial charge < -0.3 is 15.2 Å². The molecule has 1 unspecified atom stereocenters. The number of aromatic nitrogens is 2. The fourth-order valence-corrected chi connectivity index (χ4v) is 3.27. The maximum Gasteiger partial charge on any atom is 0.326 e. The van der Waals surface area contributed by atoms with E-state index in [1.54, 1.807) is 6.20 Å². The topological polar surface area (TPSA) is 84.3 Å². The van der Waals surface area contributed by atoms with Gasteiger partial charge >= 0.3 is 5.97 Å². The van der Waals surface area contributed by atoms with Crippen molar-refractivity contribution in [3.8, 4) is 17.0 Å². The number of ether oxygens (including phenoxy) is 1. The van der Waals surface area contributed by atoms with Crippen LogP contribution in [0.5, 0.6) is 5.75 Å². The first-order valence-electron chi connectivity index (χ1n) is 10.3. The minimum atomic E-state index is -0.944. The van der Waals surface area contributed by atoms with Gasteiger partial charge in [0, 0.05) is 12.0 Å². The van der Waals surface area contributed by atoms with Crippen LogP contribution < -0.4 is 10.1 Å². The van der Waals surface area contributed by atoms with Gasteiger partial charge in [-0.1, -0.05) is 60.7 Å². The average Bonchev–Trinajstić information content (AvgIpc) is 2.84. The summed E-state index contributed by atoms with van der Waals surface area (Å²) in [5.41, 5.74) is 3.55. The van der Waals surface area contributed by atoms with Crippen LogP contribution in [-0.4, -0.2) is 27.1 Å². The molecule has 4 rings (SSSR count). The molecule has 0 spiro atoms. The van der Waals surface area contributed by atoms with Crippen LogP contribution in [0.4, 0.5) is 5.82 Å². The Labute approximate surface area is 186 Å². The lowest BCUT2D eigenvalue weighted by atomic mass is 10.1. The molecule has 0 fully saturated rings. The molecular formula is C26H23N3O3. The van der Waals surface area contributed by atoms with Gasteiger partial charge in [-0.25, -0.2) is 9.78 Å². The molecule has 0 radical (unpaired) electrons. The lowest BCUT2D eigenvalue weighted by Gasteiger charge is -2.15. The van der Waals surface area contributed by atoms with Crippen molar-refractivity contribution in [1.29, 1.82) is 0 Å². The summed E-state index contributed by atoms with van der Waals surface area (Å²) in [6, 6.07) is 26.2. The Hall–Kier alpha value is -4.19. The lowest BCUT2D eigenvalue weighted by molar-refractivity contribution is -0.137. The van der Waals surface area contributed by atoms with Crippen molar-refractivity contribution in [3.63, 3.8) is 0 Å². The fourth-order valence-electron chi connectivity index (χ4n) is 3.27. The number of benzene rings is 3. The summed E-state index contributed by atoms with van der Waals surface area (Å²) in [6.45, 7) is 0.497. The zero-order valence-corrected chi connectivity index (χ0v) is 17.4. The fraction of sp³-hybridized carbons (Fsp3) is 0.115. The van der Waals surface area contributed by atoms with Gasteiger partial charge in [-0.15, -0.1) is 0 Å². The van der Waals surface area contributed by atoms with E-state index >= 15 is 0 Å². The third-order valence-corrected chi connectivity index (χ3v) is 4.94. The Morgan fingerprint density at radius 1 is 0.875 bits per heavy atom. The molecule has 0 bridgehead atoms. The standard InChI is InChI=1S/C26H23N3O3/c30-26(31)23(15-19-7-3-1-4-8-19)28-25-17-27-16-24(29-25)21-11-13-22(14-12-21)32-18-20-9-5-2-6-10-20/h1-14,16-17,23H,15,18H2,(H,28,29)(H,30,31). The second kappa shape index (κ2) is 10.2. The van der Waals surface area contributed by atoms with Gasteiger partial charge in [-0.3, -0.25) is 4.98 Å². The molecular weight excluding hydrogens is 402 g/mol. The largest absolute Gasteiger partial charge is 0.489 e. The highest BCUT2D eigenvalue weighted by Crippen LogP contribution is 2.22. The van der Waals surface area contributed by atoms with Crippen molar-refractivity contribution in [2.75, 3.05) is 5.32 Å². The number of anilines is 1. The van der Waals surface area contributed by atoms with Crippen molar-refractivity contribution in [2.45, 2.75) is 19.1 Å². The van der Waals surface area contributed by atoms with Crippen molar-refractivity contribution >= 4 is 11.8 Å². The van der Waals surface area contributed by atoms with E-state index in [0.717, 1.165) is 22.4 Å². The van der Waals surface area contributed by atoms with Gasteiger partial charge in [0.2, 0.25) is 0 Å². The van der Waals surface area contributed by atoms with Crippen LogP contribution in [0.1, 0.15) is 11.1 Å². The number of carbonyl (C=O) groups is 1. The maximum absolute atomic E-state index is 11.7. The van der Waals surface area contributed by atoms with E-state index in [4.69, 9.17) is 4.74 Å². The number of carboxylic acid groups (broad SMARTS) is 1. The molecule has 1 heterocycles. The predicted molar refractivity (Wildman–Crippen MR) is 123 cm³/mol. The first-order chi connectivity index (χ1) is 15.7. The smallest absolute Gasteiger partial charge is 0.326 e. The first kappa shape index (κ1) is 21.1. The highest BCUT2D eigenvalue weighted by Gasteiger charge is 2.18. The first-order valence-corrected chi connectivity index (χ1v) is 10.3. The molecule has 0 saturated heterocycles. The lowest BCUT2D eigenvalue weighted by Crippen LogP contribution is -2.32. The number of nitrogens with zero attached hydrogens (tertiary/aromatic N) is 2. The molecule has 1 aromatic heterocycles. The van der Waals surface area contributed by atoms with Crippen LogP contribution in [0.3, 0.4) is 0 Å². The number of hydrogen-bond donors (Lipinski definition) is 2. The van der Waals surface area contributed by atoms with Gasteiger partial charge in [0.1, 0.15) is 24.2 Å². The third-order valence-electron chi connectivity index (χ3n) is 4.94. The minimum Gasteiger partial charge on any atom is -0.489 e. The van der Waals surface area contributed by atoms with Gasteiger partial charge in [-0.05, 0) is 35.4 Å². The summed E-state index contributed by atoms with van der Waals surface area (Å²) in [5, 5.41) is 12.6. The Kier molecular flexibility index (Phi) is 6.72. The summed E-state index contributed by atoms with van der Waals surface area (Å²) in [4.78, 5) is 20.5. The SMILES string of the molecule is O=C(O)C(Cc1ccccc1)Nc1cncc(-c2ccc(OCc3ccccc3)cc2)n1. The predicted octanol–water partition coefficient (Wildman–Crippen LogP) is 4.83. The van der Waals surface area contributed by atoms with Crippen LogP contribution in [0, 0.1) is 0 Å². The molecule has 0 amide bonds. The van der Waals surface area contributed by atoms with Crippen LogP contribution in [-0.2, 0) is 17.8 Å². The van der Waals surface area contributed by atoms with Crippen LogP contribution in [0.25, 0.3) is 11.3 Å². The quantitative estimate of drug-likeness (QED) is 0.400. The van der Waals surface area contributed by atoms with Crippen molar-refractivity contribution in [3.05, 3.63) is 108 Å². The van der Waals surface area contributed by atoms with E-state index in [-0.39, 0.29) is 0 Å². The Balaban J connectivity index is 1.43. The summed E-state index contributed by atoms with van der Waals surface area (Å²) < 4.78 is 5.83. The Morgan fingerprint density at radius 2 is 1.53 bits per heavy atom. The number of carboxylic acids is 1. The summed E-state index contributed by atoms with van der Waals surface area (Å²) >= 11 is 0. The normalized spacial score (nSPS) is 11.5. The van der Waals surface area contributed by atoms with E-state index in [9.17, 15) is 9.90 Å². The highest BCUT2D eigenvalue weighted by atomic mass is 16.5. The number of rotatable bonds is 9. The summed E-state index contributed by atoms with van der Waals surface area (Å²) in [7, 11) is 0. The molecule has 32 heavy (non-hydrogen) atoms. The summed E-state index contributed by atoms with van der Waals surface area (Å²) in [5.74, 6) is 0.227. The number of aliphatic carboxylic acids is 1. The molecule has 4 aromatic rings. The molecule has 6 heteroatoms. The number of hydrogen-bond acceptors (Lipinski definition) is 5. The van der Waals surface area contributed by atoms with E-state index in [0.29, 0.717) is 24.5 Å². The molecule has 2 N–H and O–H groups in total. The third kappa shape index (κ3) is 5.70. The summed E-state index contributed by atoms with van der Waals surface area (Å²) in [6.07, 6.45) is 3.52. The van der Waals surface area contributed by atoms with Crippen LogP contribution >= 0.6 is 0 Å². The zero-order chi connectivity index (χ0) is 22.2. The van der Waals surface area contributed by atoms with Gasteiger partial charge in [0.15, 0.2) is 0 Å². The molecule has 6 nitrogen and oxygen atoms in total. The van der Waals surface area contributed by atoms with Crippen molar-refractivity contribution < 1.29 is 14.6 Å². The van der Waals surface area contributed by atoms with E-state index in [1.165, 1.54) is 6.20 Å². The molecule has 0 saturated carbocycles. The maximum atomic E-state index is 11.7. The molecule has 0 aliphatic rings. The Bertz CT molecular complexity index is 1150. The van der Waals surface area contributed by atoms with E-state index < -0.39 is 12.0 Å². The second-order valence-electron chi connectivity index (χ2n) is 7.31. The van der Waals surface area contributed by atoms with E-state index in [1.807, 2.05) is 84.9 Å². The molecule has 1 atom stereocenters. The molecule has 0 aliphatic heterocycles. The van der Waals surface area contributed by atoms with E-state index in [2.05, 4.69) is 15.3 Å². The Morgan fingerprint density at radius 3 is 2.19 bits per heavy atom.